The van der Waals surface area contributed by atoms with Gasteiger partial charge in [-0.15, -0.1) is 0 Å². The predicted octanol–water partition coefficient (Wildman–Crippen LogP) is 1.41. The minimum atomic E-state index is 0.768. The third-order valence-electron chi connectivity index (χ3n) is 1.68. The first-order chi connectivity index (χ1) is 6.33. The van der Waals surface area contributed by atoms with Crippen LogP contribution in [0, 0.1) is 0 Å². The lowest BCUT2D eigenvalue weighted by atomic mass is 10.3. The van der Waals surface area contributed by atoms with Crippen LogP contribution in [-0.2, 0) is 0 Å². The number of rotatable bonds is 5. The van der Waals surface area contributed by atoms with Crippen molar-refractivity contribution in [1.29, 1.82) is 0 Å². The lowest BCUT2D eigenvalue weighted by Gasteiger charge is -2.04. The van der Waals surface area contributed by atoms with E-state index in [0.717, 1.165) is 29.9 Å². The van der Waals surface area contributed by atoms with Crippen LogP contribution in [0.4, 0.5) is 0 Å². The Labute approximate surface area is 87.4 Å². The first-order valence-corrected chi connectivity index (χ1v) is 5.32. The number of hydrogen-bond acceptors (Lipinski definition) is 1. The van der Waals surface area contributed by atoms with Gasteiger partial charge in [0.1, 0.15) is 18.9 Å². The molecule has 3 heteroatoms. The molecule has 2 nitrogen and oxygen atoms in total. The topological polar surface area (TPSA) is 25.8 Å². The molecule has 1 aromatic rings. The molecule has 0 atom stereocenters. The average molecular weight is 245 g/mol. The van der Waals surface area contributed by atoms with Crippen molar-refractivity contribution in [1.82, 2.24) is 0 Å². The Hall–Kier alpha value is -0.540. The number of nitrogens with two attached hydrogens (primary N) is 1. The van der Waals surface area contributed by atoms with Crippen LogP contribution in [0.2, 0.25) is 0 Å². The number of halogens is 1. The van der Waals surface area contributed by atoms with Crippen LogP contribution in [0.25, 0.3) is 0 Å². The highest BCUT2D eigenvalue weighted by Crippen LogP contribution is 2.17. The van der Waals surface area contributed by atoms with Crippen LogP contribution in [0.5, 0.6) is 5.75 Å². The molecule has 13 heavy (non-hydrogen) atoms. The van der Waals surface area contributed by atoms with Crippen molar-refractivity contribution in [2.45, 2.75) is 6.92 Å². The molecule has 0 aliphatic carbocycles. The summed E-state index contributed by atoms with van der Waals surface area (Å²) in [5.74, 6) is 0.930. The van der Waals surface area contributed by atoms with Gasteiger partial charge >= 0.3 is 0 Å². The van der Waals surface area contributed by atoms with E-state index in [1.807, 2.05) is 24.3 Å². The lowest BCUT2D eigenvalue weighted by molar-refractivity contribution is -0.652. The van der Waals surface area contributed by atoms with Crippen LogP contribution in [0.3, 0.4) is 0 Å². The van der Waals surface area contributed by atoms with Crippen LogP contribution in [0.1, 0.15) is 6.92 Å². The molecule has 2 N–H and O–H groups in total. The molecule has 0 bridgehead atoms. The molecule has 0 spiro atoms. The molecule has 0 amide bonds. The Balaban J connectivity index is 2.28. The molecule has 0 fully saturated rings. The monoisotopic (exact) mass is 244 g/mol. The van der Waals surface area contributed by atoms with Gasteiger partial charge in [-0.25, -0.2) is 0 Å². The maximum Gasteiger partial charge on any atom is 0.137 e. The van der Waals surface area contributed by atoms with Crippen molar-refractivity contribution < 1.29 is 10.1 Å². The average Bonchev–Trinajstić information content (AvgIpc) is 2.13. The Bertz CT molecular complexity index is 252. The molecular weight excluding hydrogens is 230 g/mol. The Morgan fingerprint density at radius 2 is 2.31 bits per heavy atom. The van der Waals surface area contributed by atoms with Gasteiger partial charge in [0.15, 0.2) is 0 Å². The first kappa shape index (κ1) is 10.5. The van der Waals surface area contributed by atoms with Crippen LogP contribution < -0.4 is 10.1 Å². The number of benzene rings is 1. The highest BCUT2D eigenvalue weighted by molar-refractivity contribution is 9.10. The van der Waals surface area contributed by atoms with Crippen molar-refractivity contribution in [2.24, 2.45) is 0 Å². The third kappa shape index (κ3) is 4.29. The Kier molecular flexibility index (Phi) is 4.86. The summed E-state index contributed by atoms with van der Waals surface area (Å²) in [6.45, 7) is 5.04. The molecule has 0 saturated heterocycles. The Morgan fingerprint density at radius 1 is 1.46 bits per heavy atom. The minimum Gasteiger partial charge on any atom is -0.488 e. The van der Waals surface area contributed by atoms with E-state index in [1.54, 1.807) is 0 Å². The fraction of sp³-hybridized carbons (Fsp3) is 0.400. The van der Waals surface area contributed by atoms with Gasteiger partial charge in [-0.05, 0) is 25.1 Å². The molecule has 1 aromatic carbocycles. The van der Waals surface area contributed by atoms with Gasteiger partial charge in [0.2, 0.25) is 0 Å². The summed E-state index contributed by atoms with van der Waals surface area (Å²) in [4.78, 5) is 0. The van der Waals surface area contributed by atoms with E-state index in [4.69, 9.17) is 4.74 Å². The fourth-order valence-corrected chi connectivity index (χ4v) is 1.40. The van der Waals surface area contributed by atoms with Crippen LogP contribution in [0.15, 0.2) is 28.7 Å². The first-order valence-electron chi connectivity index (χ1n) is 4.53. The normalized spacial score (nSPS) is 10.0. The zero-order valence-electron chi connectivity index (χ0n) is 7.79. The highest BCUT2D eigenvalue weighted by Gasteiger charge is 1.94. The van der Waals surface area contributed by atoms with E-state index in [1.165, 1.54) is 0 Å². The number of quaternary nitrogens is 1. The molecular formula is C10H15BrNO+. The summed E-state index contributed by atoms with van der Waals surface area (Å²) in [5, 5.41) is 2.22. The summed E-state index contributed by atoms with van der Waals surface area (Å²) < 4.78 is 6.59. The molecule has 1 rings (SSSR count). The van der Waals surface area contributed by atoms with Crippen molar-refractivity contribution in [3.8, 4) is 5.75 Å². The molecule has 0 aliphatic heterocycles. The van der Waals surface area contributed by atoms with Gasteiger partial charge < -0.3 is 10.1 Å². The molecule has 0 unspecified atom stereocenters. The van der Waals surface area contributed by atoms with Crippen molar-refractivity contribution in [2.75, 3.05) is 19.7 Å². The maximum atomic E-state index is 5.53. The van der Waals surface area contributed by atoms with E-state index < -0.39 is 0 Å². The van der Waals surface area contributed by atoms with Gasteiger partial charge in [0.25, 0.3) is 0 Å². The lowest BCUT2D eigenvalue weighted by Crippen LogP contribution is -2.84. The molecule has 0 heterocycles. The van der Waals surface area contributed by atoms with Crippen molar-refractivity contribution >= 4 is 15.9 Å². The maximum absolute atomic E-state index is 5.53. The molecule has 0 aromatic heterocycles. The predicted molar refractivity (Wildman–Crippen MR) is 57.0 cm³/mol. The second-order valence-corrected chi connectivity index (χ2v) is 3.71. The molecule has 72 valence electrons. The summed E-state index contributed by atoms with van der Waals surface area (Å²) in [6.07, 6.45) is 0. The quantitative estimate of drug-likeness (QED) is 0.780. The number of likely N-dealkylation sites (N-methyl/N-ethyl adjacent to an activating group) is 1. The van der Waals surface area contributed by atoms with Gasteiger partial charge in [-0.1, -0.05) is 22.0 Å². The highest BCUT2D eigenvalue weighted by atomic mass is 79.9. The minimum absolute atomic E-state index is 0.768. The van der Waals surface area contributed by atoms with Gasteiger partial charge in [-0.2, -0.15) is 0 Å². The van der Waals surface area contributed by atoms with E-state index >= 15 is 0 Å². The largest absolute Gasteiger partial charge is 0.488 e. The number of hydrogen-bond donors (Lipinski definition) is 1. The molecule has 0 aliphatic rings. The molecule has 0 saturated carbocycles. The molecule has 0 radical (unpaired) electrons. The van der Waals surface area contributed by atoms with Gasteiger partial charge in [0, 0.05) is 4.47 Å². The summed E-state index contributed by atoms with van der Waals surface area (Å²) >= 11 is 3.40. The standard InChI is InChI=1S/C10H14BrNO/c1-2-12-6-7-13-10-5-3-4-9(11)8-10/h3-5,8,12H,2,6-7H2,1H3/p+1. The SMILES string of the molecule is CC[NH2+]CCOc1cccc(Br)c1. The summed E-state index contributed by atoms with van der Waals surface area (Å²) in [6, 6.07) is 7.91. The van der Waals surface area contributed by atoms with Crippen molar-refractivity contribution in [3.63, 3.8) is 0 Å². The van der Waals surface area contributed by atoms with E-state index in [0.29, 0.717) is 0 Å². The second-order valence-electron chi connectivity index (χ2n) is 2.79. The zero-order chi connectivity index (χ0) is 9.52. The van der Waals surface area contributed by atoms with Gasteiger partial charge in [0.05, 0.1) is 6.54 Å². The van der Waals surface area contributed by atoms with E-state index in [-0.39, 0.29) is 0 Å². The van der Waals surface area contributed by atoms with Crippen LogP contribution >= 0.6 is 15.9 Å². The van der Waals surface area contributed by atoms with Crippen LogP contribution in [-0.4, -0.2) is 19.7 Å². The number of ether oxygens (including phenoxy) is 1. The van der Waals surface area contributed by atoms with Crippen molar-refractivity contribution in [3.05, 3.63) is 28.7 Å². The zero-order valence-corrected chi connectivity index (χ0v) is 9.38. The third-order valence-corrected chi connectivity index (χ3v) is 2.17. The summed E-state index contributed by atoms with van der Waals surface area (Å²) in [5.41, 5.74) is 0. The van der Waals surface area contributed by atoms with E-state index in [9.17, 15) is 0 Å². The summed E-state index contributed by atoms with van der Waals surface area (Å²) in [7, 11) is 0. The van der Waals surface area contributed by atoms with E-state index in [2.05, 4.69) is 28.2 Å². The second kappa shape index (κ2) is 6.00. The Morgan fingerprint density at radius 3 is 3.00 bits per heavy atom. The smallest absolute Gasteiger partial charge is 0.137 e. The fourth-order valence-electron chi connectivity index (χ4n) is 1.02. The van der Waals surface area contributed by atoms with Gasteiger partial charge in [-0.3, -0.25) is 0 Å².